The molecule has 4 heteroatoms. The van der Waals surface area contributed by atoms with Crippen molar-refractivity contribution in [1.29, 1.82) is 0 Å². The molecule has 110 valence electrons. The molecule has 0 aliphatic carbocycles. The maximum absolute atomic E-state index is 13.6. The fourth-order valence-corrected chi connectivity index (χ4v) is 2.27. The number of rotatable bonds is 6. The van der Waals surface area contributed by atoms with Gasteiger partial charge in [-0.15, -0.1) is 0 Å². The third-order valence-electron chi connectivity index (χ3n) is 3.43. The van der Waals surface area contributed by atoms with E-state index >= 15 is 0 Å². The molecule has 2 aromatic carbocycles. The summed E-state index contributed by atoms with van der Waals surface area (Å²) < 4.78 is 13.6. The summed E-state index contributed by atoms with van der Waals surface area (Å²) in [5.41, 5.74) is 1.61. The summed E-state index contributed by atoms with van der Waals surface area (Å²) in [4.78, 5) is 10.8. The average Bonchev–Trinajstić information content (AvgIpc) is 2.48. The van der Waals surface area contributed by atoms with Gasteiger partial charge < -0.3 is 10.4 Å². The van der Waals surface area contributed by atoms with Gasteiger partial charge in [-0.1, -0.05) is 43.3 Å². The van der Waals surface area contributed by atoms with Gasteiger partial charge in [-0.2, -0.15) is 0 Å². The van der Waals surface area contributed by atoms with Crippen molar-refractivity contribution in [1.82, 2.24) is 5.32 Å². The molecule has 0 spiro atoms. The summed E-state index contributed by atoms with van der Waals surface area (Å²) >= 11 is 0. The molecule has 0 fully saturated rings. The molecule has 1 unspecified atom stereocenters. The number of hydrogen-bond acceptors (Lipinski definition) is 2. The van der Waals surface area contributed by atoms with Gasteiger partial charge in [-0.3, -0.25) is 0 Å². The highest BCUT2D eigenvalue weighted by Gasteiger charge is 2.12. The molecule has 0 aliphatic rings. The van der Waals surface area contributed by atoms with E-state index in [0.717, 1.165) is 12.0 Å². The number of hydrogen-bond donors (Lipinski definition) is 2. The number of benzene rings is 2. The van der Waals surface area contributed by atoms with Crippen LogP contribution >= 0.6 is 0 Å². The summed E-state index contributed by atoms with van der Waals surface area (Å²) in [6.45, 7) is 2.57. The third-order valence-corrected chi connectivity index (χ3v) is 3.43. The fraction of sp³-hybridized carbons (Fsp3) is 0.235. The summed E-state index contributed by atoms with van der Waals surface area (Å²) in [5, 5.41) is 12.2. The largest absolute Gasteiger partial charge is 0.478 e. The number of halogens is 1. The van der Waals surface area contributed by atoms with Gasteiger partial charge in [0.2, 0.25) is 0 Å². The van der Waals surface area contributed by atoms with E-state index in [9.17, 15) is 9.18 Å². The van der Waals surface area contributed by atoms with Crippen molar-refractivity contribution >= 4 is 5.97 Å². The maximum atomic E-state index is 13.6. The Morgan fingerprint density at radius 2 is 1.95 bits per heavy atom. The van der Waals surface area contributed by atoms with E-state index < -0.39 is 11.8 Å². The van der Waals surface area contributed by atoms with E-state index in [1.807, 2.05) is 18.2 Å². The third kappa shape index (κ3) is 3.89. The van der Waals surface area contributed by atoms with Crippen LogP contribution in [0.4, 0.5) is 4.39 Å². The first-order valence-electron chi connectivity index (χ1n) is 6.92. The molecule has 0 aromatic heterocycles. The molecule has 2 rings (SSSR count). The van der Waals surface area contributed by atoms with E-state index in [4.69, 9.17) is 5.11 Å². The first-order valence-corrected chi connectivity index (χ1v) is 6.92. The van der Waals surface area contributed by atoms with Gasteiger partial charge in [-0.05, 0) is 29.7 Å². The van der Waals surface area contributed by atoms with Crippen LogP contribution < -0.4 is 5.32 Å². The fourth-order valence-electron chi connectivity index (χ4n) is 2.27. The minimum atomic E-state index is -1.25. The van der Waals surface area contributed by atoms with Crippen molar-refractivity contribution in [2.24, 2.45) is 0 Å². The molecule has 0 amide bonds. The molecular weight excluding hydrogens is 269 g/mol. The lowest BCUT2D eigenvalue weighted by Crippen LogP contribution is -2.20. The highest BCUT2D eigenvalue weighted by atomic mass is 19.1. The lowest BCUT2D eigenvalue weighted by atomic mass is 10.0. The SMILES string of the molecule is CCC(NCc1ccc(C(=O)O)c(F)c1)c1ccccc1. The quantitative estimate of drug-likeness (QED) is 0.850. The number of aromatic carboxylic acids is 1. The van der Waals surface area contributed by atoms with Gasteiger partial charge in [0.1, 0.15) is 5.82 Å². The lowest BCUT2D eigenvalue weighted by molar-refractivity contribution is 0.0692. The van der Waals surface area contributed by atoms with Crippen molar-refractivity contribution in [2.45, 2.75) is 25.9 Å². The van der Waals surface area contributed by atoms with Gasteiger partial charge >= 0.3 is 5.97 Å². The van der Waals surface area contributed by atoms with Crippen LogP contribution in [0.3, 0.4) is 0 Å². The molecule has 0 heterocycles. The van der Waals surface area contributed by atoms with Gasteiger partial charge in [0.25, 0.3) is 0 Å². The predicted octanol–water partition coefficient (Wildman–Crippen LogP) is 3.76. The highest BCUT2D eigenvalue weighted by molar-refractivity contribution is 5.87. The van der Waals surface area contributed by atoms with Crippen LogP contribution in [-0.4, -0.2) is 11.1 Å². The van der Waals surface area contributed by atoms with E-state index in [1.54, 1.807) is 6.07 Å². The Kier molecular flexibility index (Phi) is 5.06. The normalized spacial score (nSPS) is 12.1. The number of carboxylic acids is 1. The van der Waals surface area contributed by atoms with Crippen molar-refractivity contribution in [3.63, 3.8) is 0 Å². The molecule has 0 radical (unpaired) electrons. The minimum absolute atomic E-state index is 0.188. The molecule has 0 saturated carbocycles. The minimum Gasteiger partial charge on any atom is -0.478 e. The van der Waals surface area contributed by atoms with E-state index in [0.29, 0.717) is 6.54 Å². The molecule has 1 atom stereocenters. The summed E-state index contributed by atoms with van der Waals surface area (Å²) in [6.07, 6.45) is 0.916. The van der Waals surface area contributed by atoms with Gasteiger partial charge in [-0.25, -0.2) is 9.18 Å². The average molecular weight is 287 g/mol. The Labute approximate surface area is 123 Å². The van der Waals surface area contributed by atoms with Crippen molar-refractivity contribution in [2.75, 3.05) is 0 Å². The first-order chi connectivity index (χ1) is 10.1. The topological polar surface area (TPSA) is 49.3 Å². The monoisotopic (exact) mass is 287 g/mol. The number of carboxylic acid groups (broad SMARTS) is 1. The Bertz CT molecular complexity index is 613. The van der Waals surface area contributed by atoms with E-state index in [-0.39, 0.29) is 11.6 Å². The van der Waals surface area contributed by atoms with Gasteiger partial charge in [0.05, 0.1) is 5.56 Å². The van der Waals surface area contributed by atoms with Crippen molar-refractivity contribution < 1.29 is 14.3 Å². The highest BCUT2D eigenvalue weighted by Crippen LogP contribution is 2.17. The standard InChI is InChI=1S/C17H18FNO2/c1-2-16(13-6-4-3-5-7-13)19-11-12-8-9-14(17(20)21)15(18)10-12/h3-10,16,19H,2,11H2,1H3,(H,20,21). The summed E-state index contributed by atoms with van der Waals surface area (Å²) in [6, 6.07) is 14.4. The zero-order valence-electron chi connectivity index (χ0n) is 11.8. The maximum Gasteiger partial charge on any atom is 0.338 e. The van der Waals surface area contributed by atoms with E-state index in [1.165, 1.54) is 17.7 Å². The number of nitrogens with one attached hydrogen (secondary N) is 1. The lowest BCUT2D eigenvalue weighted by Gasteiger charge is -2.17. The molecule has 21 heavy (non-hydrogen) atoms. The van der Waals surface area contributed by atoms with Crippen LogP contribution in [0, 0.1) is 5.82 Å². The second-order valence-electron chi connectivity index (χ2n) is 4.87. The Balaban J connectivity index is 2.05. The molecular formula is C17H18FNO2. The van der Waals surface area contributed by atoms with Gasteiger partial charge in [0.15, 0.2) is 0 Å². The molecule has 0 aliphatic heterocycles. The Morgan fingerprint density at radius 3 is 2.52 bits per heavy atom. The zero-order chi connectivity index (χ0) is 15.2. The van der Waals surface area contributed by atoms with Gasteiger partial charge in [0, 0.05) is 12.6 Å². The van der Waals surface area contributed by atoms with Crippen LogP contribution in [0.1, 0.15) is 40.9 Å². The zero-order valence-corrected chi connectivity index (χ0v) is 11.8. The van der Waals surface area contributed by atoms with Crippen molar-refractivity contribution in [3.8, 4) is 0 Å². The summed E-state index contributed by atoms with van der Waals surface area (Å²) in [7, 11) is 0. The molecule has 0 saturated heterocycles. The van der Waals surface area contributed by atoms with Crippen LogP contribution in [0.5, 0.6) is 0 Å². The molecule has 3 nitrogen and oxygen atoms in total. The Morgan fingerprint density at radius 1 is 1.24 bits per heavy atom. The van der Waals surface area contributed by atoms with Crippen LogP contribution in [0.25, 0.3) is 0 Å². The molecule has 0 bridgehead atoms. The number of carbonyl (C=O) groups is 1. The summed E-state index contributed by atoms with van der Waals surface area (Å²) in [5.74, 6) is -1.95. The molecule has 2 N–H and O–H groups in total. The Hall–Kier alpha value is -2.20. The second kappa shape index (κ2) is 6.99. The predicted molar refractivity (Wildman–Crippen MR) is 79.7 cm³/mol. The van der Waals surface area contributed by atoms with Crippen LogP contribution in [0.15, 0.2) is 48.5 Å². The van der Waals surface area contributed by atoms with Crippen molar-refractivity contribution in [3.05, 3.63) is 71.0 Å². The van der Waals surface area contributed by atoms with E-state index in [2.05, 4.69) is 24.4 Å². The van der Waals surface area contributed by atoms with Crippen LogP contribution in [0.2, 0.25) is 0 Å². The first kappa shape index (κ1) is 15.2. The molecule has 2 aromatic rings. The second-order valence-corrected chi connectivity index (χ2v) is 4.87. The van der Waals surface area contributed by atoms with Crippen LogP contribution in [-0.2, 0) is 6.54 Å². The smallest absolute Gasteiger partial charge is 0.338 e.